The van der Waals surface area contributed by atoms with Crippen molar-refractivity contribution in [2.75, 3.05) is 6.79 Å². The number of carbonyl (C=O) groups is 1. The molecule has 0 fully saturated rings. The van der Waals surface area contributed by atoms with Crippen LogP contribution in [0.4, 0.5) is 0 Å². The lowest BCUT2D eigenvalue weighted by atomic mass is 10.1. The van der Waals surface area contributed by atoms with Gasteiger partial charge in [0.25, 0.3) is 0 Å². The summed E-state index contributed by atoms with van der Waals surface area (Å²) in [6, 6.07) is 6.64. The Hall–Kier alpha value is -1.97. The number of carboxylic acid groups (broad SMARTS) is 1. The zero-order valence-electron chi connectivity index (χ0n) is 7.27. The van der Waals surface area contributed by atoms with Crippen molar-refractivity contribution in [2.24, 2.45) is 0 Å². The first-order valence-electron chi connectivity index (χ1n) is 4.06. The van der Waals surface area contributed by atoms with Gasteiger partial charge in [-0.3, -0.25) is 0 Å². The van der Waals surface area contributed by atoms with E-state index in [1.807, 2.05) is 0 Å². The second-order valence-corrected chi connectivity index (χ2v) is 2.76. The Morgan fingerprint density at radius 2 is 2.14 bits per heavy atom. The van der Waals surface area contributed by atoms with Gasteiger partial charge in [0.15, 0.2) is 5.76 Å². The molecule has 4 nitrogen and oxygen atoms in total. The predicted octanol–water partition coefficient (Wildman–Crippen LogP) is 1.69. The van der Waals surface area contributed by atoms with Crippen LogP contribution in [0.15, 0.2) is 30.5 Å². The van der Waals surface area contributed by atoms with Crippen molar-refractivity contribution < 1.29 is 19.4 Å². The fourth-order valence-electron chi connectivity index (χ4n) is 1.27. The maximum absolute atomic E-state index is 10.9. The van der Waals surface area contributed by atoms with Gasteiger partial charge in [-0.05, 0) is 6.07 Å². The number of hydrogen-bond donors (Lipinski definition) is 1. The standard InChI is InChI=1S/C10H8O4/c11-10(12)8-4-2-1-3-7(8)9-5-13-6-14-9/h1-5H,6H2,(H,11,12). The van der Waals surface area contributed by atoms with Gasteiger partial charge in [-0.1, -0.05) is 18.2 Å². The fourth-order valence-corrected chi connectivity index (χ4v) is 1.27. The Bertz CT molecular complexity index is 395. The molecular weight excluding hydrogens is 184 g/mol. The summed E-state index contributed by atoms with van der Waals surface area (Å²) in [4.78, 5) is 10.9. The summed E-state index contributed by atoms with van der Waals surface area (Å²) in [7, 11) is 0. The number of ether oxygens (including phenoxy) is 2. The van der Waals surface area contributed by atoms with Gasteiger partial charge in [0.2, 0.25) is 6.79 Å². The smallest absolute Gasteiger partial charge is 0.336 e. The molecule has 0 aliphatic carbocycles. The first-order valence-corrected chi connectivity index (χ1v) is 4.06. The van der Waals surface area contributed by atoms with Gasteiger partial charge in [-0.25, -0.2) is 4.79 Å². The second-order valence-electron chi connectivity index (χ2n) is 2.76. The maximum Gasteiger partial charge on any atom is 0.336 e. The van der Waals surface area contributed by atoms with E-state index in [4.69, 9.17) is 14.6 Å². The maximum atomic E-state index is 10.9. The van der Waals surface area contributed by atoms with Crippen LogP contribution < -0.4 is 0 Å². The molecule has 0 saturated carbocycles. The van der Waals surface area contributed by atoms with Crippen molar-refractivity contribution in [2.45, 2.75) is 0 Å². The van der Waals surface area contributed by atoms with Crippen LogP contribution in [0.1, 0.15) is 15.9 Å². The summed E-state index contributed by atoms with van der Waals surface area (Å²) >= 11 is 0. The van der Waals surface area contributed by atoms with Gasteiger partial charge >= 0.3 is 5.97 Å². The molecule has 1 heterocycles. The summed E-state index contributed by atoms with van der Waals surface area (Å²) < 4.78 is 9.97. The molecule has 1 aliphatic heterocycles. The third kappa shape index (κ3) is 1.42. The number of rotatable bonds is 2. The minimum atomic E-state index is -0.975. The number of benzene rings is 1. The Labute approximate surface area is 80.4 Å². The molecule has 1 aliphatic rings. The molecule has 0 aromatic heterocycles. The molecule has 0 amide bonds. The molecule has 2 rings (SSSR count). The number of carboxylic acids is 1. The van der Waals surface area contributed by atoms with Crippen LogP contribution in [0, 0.1) is 0 Å². The van der Waals surface area contributed by atoms with Gasteiger partial charge < -0.3 is 14.6 Å². The highest BCUT2D eigenvalue weighted by Gasteiger charge is 2.16. The quantitative estimate of drug-likeness (QED) is 0.774. The van der Waals surface area contributed by atoms with Gasteiger partial charge in [0.05, 0.1) is 5.56 Å². The van der Waals surface area contributed by atoms with E-state index in [2.05, 4.69) is 0 Å². The average Bonchev–Trinajstić information content (AvgIpc) is 2.70. The van der Waals surface area contributed by atoms with Crippen molar-refractivity contribution in [3.05, 3.63) is 41.7 Å². The second kappa shape index (κ2) is 3.41. The highest BCUT2D eigenvalue weighted by Crippen LogP contribution is 2.23. The van der Waals surface area contributed by atoms with Crippen molar-refractivity contribution in [3.8, 4) is 0 Å². The first kappa shape index (κ1) is 8.62. The largest absolute Gasteiger partial charge is 0.478 e. The highest BCUT2D eigenvalue weighted by atomic mass is 16.7. The molecule has 0 spiro atoms. The summed E-state index contributed by atoms with van der Waals surface area (Å²) in [5.74, 6) is -0.514. The van der Waals surface area contributed by atoms with E-state index in [9.17, 15) is 4.79 Å². The molecule has 1 aromatic rings. The lowest BCUT2D eigenvalue weighted by Crippen LogP contribution is -2.01. The minimum absolute atomic E-state index is 0.142. The Kier molecular flexibility index (Phi) is 2.10. The van der Waals surface area contributed by atoms with Crippen molar-refractivity contribution in [1.29, 1.82) is 0 Å². The summed E-state index contributed by atoms with van der Waals surface area (Å²) in [5.41, 5.74) is 0.752. The van der Waals surface area contributed by atoms with Crippen LogP contribution in [-0.4, -0.2) is 17.9 Å². The summed E-state index contributed by atoms with van der Waals surface area (Å²) in [6.45, 7) is 0.142. The van der Waals surface area contributed by atoms with Crippen LogP contribution in [0.3, 0.4) is 0 Å². The van der Waals surface area contributed by atoms with Crippen LogP contribution in [0.5, 0.6) is 0 Å². The molecule has 1 N–H and O–H groups in total. The van der Waals surface area contributed by atoms with Gasteiger partial charge in [0.1, 0.15) is 6.26 Å². The number of hydrogen-bond acceptors (Lipinski definition) is 3. The monoisotopic (exact) mass is 192 g/mol. The SMILES string of the molecule is O=C(O)c1ccccc1C1=COCO1. The van der Waals surface area contributed by atoms with E-state index in [1.165, 1.54) is 12.3 Å². The summed E-state index contributed by atoms with van der Waals surface area (Å²) in [5, 5.41) is 8.90. The third-order valence-corrected chi connectivity index (χ3v) is 1.90. The molecule has 0 atom stereocenters. The molecule has 0 unspecified atom stereocenters. The summed E-state index contributed by atoms with van der Waals surface area (Å²) in [6.07, 6.45) is 1.42. The molecule has 72 valence electrons. The zero-order valence-corrected chi connectivity index (χ0v) is 7.27. The average molecular weight is 192 g/mol. The molecule has 1 aromatic carbocycles. The van der Waals surface area contributed by atoms with Crippen molar-refractivity contribution in [1.82, 2.24) is 0 Å². The van der Waals surface area contributed by atoms with E-state index in [0.29, 0.717) is 11.3 Å². The molecular formula is C10H8O4. The van der Waals surface area contributed by atoms with Crippen molar-refractivity contribution in [3.63, 3.8) is 0 Å². The normalized spacial score (nSPS) is 14.1. The zero-order chi connectivity index (χ0) is 9.97. The molecule has 0 bridgehead atoms. The number of aromatic carboxylic acids is 1. The van der Waals surface area contributed by atoms with Crippen LogP contribution in [0.25, 0.3) is 5.76 Å². The minimum Gasteiger partial charge on any atom is -0.478 e. The fraction of sp³-hybridized carbons (Fsp3) is 0.100. The molecule has 14 heavy (non-hydrogen) atoms. The predicted molar refractivity (Wildman–Crippen MR) is 48.4 cm³/mol. The van der Waals surface area contributed by atoms with Crippen molar-refractivity contribution >= 4 is 11.7 Å². The Morgan fingerprint density at radius 1 is 1.36 bits per heavy atom. The van der Waals surface area contributed by atoms with Gasteiger partial charge in [0, 0.05) is 5.56 Å². The van der Waals surface area contributed by atoms with E-state index in [1.54, 1.807) is 18.2 Å². The van der Waals surface area contributed by atoms with E-state index in [0.717, 1.165) is 0 Å². The highest BCUT2D eigenvalue weighted by molar-refractivity contribution is 5.93. The van der Waals surface area contributed by atoms with Crippen LogP contribution >= 0.6 is 0 Å². The third-order valence-electron chi connectivity index (χ3n) is 1.90. The molecule has 4 heteroatoms. The van der Waals surface area contributed by atoms with E-state index in [-0.39, 0.29) is 12.4 Å². The first-order chi connectivity index (χ1) is 6.79. The molecule has 0 radical (unpaired) electrons. The lowest BCUT2D eigenvalue weighted by Gasteiger charge is -2.04. The van der Waals surface area contributed by atoms with Crippen LogP contribution in [0.2, 0.25) is 0 Å². The molecule has 0 saturated heterocycles. The van der Waals surface area contributed by atoms with Crippen LogP contribution in [-0.2, 0) is 9.47 Å². The Balaban J connectivity index is 2.46. The van der Waals surface area contributed by atoms with Gasteiger partial charge in [-0.15, -0.1) is 0 Å². The van der Waals surface area contributed by atoms with E-state index < -0.39 is 5.97 Å². The Morgan fingerprint density at radius 3 is 2.79 bits per heavy atom. The topological polar surface area (TPSA) is 55.8 Å². The van der Waals surface area contributed by atoms with E-state index >= 15 is 0 Å². The van der Waals surface area contributed by atoms with Gasteiger partial charge in [-0.2, -0.15) is 0 Å². The lowest BCUT2D eigenvalue weighted by molar-refractivity contribution is 0.0694.